The molecule has 1 unspecified atom stereocenters. The quantitative estimate of drug-likeness (QED) is 0.521. The number of nitrogens with one attached hydrogen (secondary N) is 1. The molecule has 3 rings (SSSR count). The van der Waals surface area contributed by atoms with E-state index in [0.29, 0.717) is 0 Å². The number of fused-ring (bicyclic) bond motifs is 1. The third-order valence-electron chi connectivity index (χ3n) is 3.16. The van der Waals surface area contributed by atoms with Crippen LogP contribution in [0.3, 0.4) is 0 Å². The van der Waals surface area contributed by atoms with Crippen LogP contribution in [0, 0.1) is 0 Å². The highest BCUT2D eigenvalue weighted by Gasteiger charge is 2.36. The van der Waals surface area contributed by atoms with Gasteiger partial charge in [-0.1, -0.05) is 11.3 Å². The summed E-state index contributed by atoms with van der Waals surface area (Å²) < 4.78 is 6.75. The molecule has 1 aliphatic rings. The second kappa shape index (κ2) is 4.66. The third kappa shape index (κ3) is 1.93. The van der Waals surface area contributed by atoms with Gasteiger partial charge < -0.3 is 20.7 Å². The SMILES string of the molecule is Nc1nc2c(sc(=O)n2[C@H]2C[C@H](O)C(CO)O2)c(=O)[nH]1. The molecule has 5 N–H and O–H groups in total. The molecule has 1 aliphatic heterocycles. The summed E-state index contributed by atoms with van der Waals surface area (Å²) in [5.41, 5.74) is 5.10. The van der Waals surface area contributed by atoms with E-state index in [1.165, 1.54) is 4.57 Å². The molecule has 0 aromatic carbocycles. The van der Waals surface area contributed by atoms with Crippen molar-refractivity contribution >= 4 is 27.6 Å². The minimum atomic E-state index is -0.883. The van der Waals surface area contributed by atoms with Crippen molar-refractivity contribution in [3.8, 4) is 0 Å². The molecule has 2 aromatic rings. The molecule has 10 heteroatoms. The summed E-state index contributed by atoms with van der Waals surface area (Å²) in [6, 6.07) is 0. The number of hydrogen-bond donors (Lipinski definition) is 4. The van der Waals surface area contributed by atoms with Crippen LogP contribution in [0.2, 0.25) is 0 Å². The van der Waals surface area contributed by atoms with E-state index >= 15 is 0 Å². The van der Waals surface area contributed by atoms with Crippen molar-refractivity contribution < 1.29 is 14.9 Å². The fourth-order valence-electron chi connectivity index (χ4n) is 2.24. The summed E-state index contributed by atoms with van der Waals surface area (Å²) in [6.07, 6.45) is -2.30. The largest absolute Gasteiger partial charge is 0.394 e. The number of nitrogen functional groups attached to an aromatic ring is 1. The average molecular weight is 300 g/mol. The first-order chi connectivity index (χ1) is 9.51. The van der Waals surface area contributed by atoms with E-state index in [1.54, 1.807) is 0 Å². The predicted octanol–water partition coefficient (Wildman–Crippen LogP) is -1.63. The fourth-order valence-corrected chi connectivity index (χ4v) is 3.09. The molecule has 0 amide bonds. The number of H-pyrrole nitrogens is 1. The first kappa shape index (κ1) is 13.2. The Kier molecular flexibility index (Phi) is 3.09. The molecule has 2 aromatic heterocycles. The Labute approximate surface area is 115 Å². The van der Waals surface area contributed by atoms with E-state index in [9.17, 15) is 14.7 Å². The number of rotatable bonds is 2. The van der Waals surface area contributed by atoms with Gasteiger partial charge in [-0.25, -0.2) is 0 Å². The lowest BCUT2D eigenvalue weighted by Crippen LogP contribution is -2.25. The number of hydrogen-bond acceptors (Lipinski definition) is 8. The highest BCUT2D eigenvalue weighted by Crippen LogP contribution is 2.30. The second-order valence-corrected chi connectivity index (χ2v) is 5.42. The Morgan fingerprint density at radius 2 is 2.30 bits per heavy atom. The Morgan fingerprint density at radius 1 is 1.55 bits per heavy atom. The normalized spacial score (nSPS) is 26.4. The van der Waals surface area contributed by atoms with Crippen LogP contribution in [0.15, 0.2) is 9.59 Å². The molecule has 1 saturated heterocycles. The molecular formula is C10H12N4O5S. The van der Waals surface area contributed by atoms with Gasteiger partial charge >= 0.3 is 4.87 Å². The van der Waals surface area contributed by atoms with Crippen molar-refractivity contribution in [3.63, 3.8) is 0 Å². The first-order valence-electron chi connectivity index (χ1n) is 5.86. The molecule has 9 nitrogen and oxygen atoms in total. The predicted molar refractivity (Wildman–Crippen MR) is 70.5 cm³/mol. The summed E-state index contributed by atoms with van der Waals surface area (Å²) in [4.78, 5) is 29.6. The lowest BCUT2D eigenvalue weighted by Gasteiger charge is -2.13. The van der Waals surface area contributed by atoms with Gasteiger partial charge in [0.15, 0.2) is 5.65 Å². The number of anilines is 1. The maximum Gasteiger partial charge on any atom is 0.311 e. The van der Waals surface area contributed by atoms with Crippen LogP contribution in [-0.2, 0) is 4.74 Å². The summed E-state index contributed by atoms with van der Waals surface area (Å²) in [7, 11) is 0. The van der Waals surface area contributed by atoms with Crippen molar-refractivity contribution in [2.24, 2.45) is 0 Å². The van der Waals surface area contributed by atoms with Crippen LogP contribution in [-0.4, -0.2) is 43.6 Å². The topological polar surface area (TPSA) is 143 Å². The van der Waals surface area contributed by atoms with Crippen LogP contribution in [0.5, 0.6) is 0 Å². The molecule has 3 atom stereocenters. The van der Waals surface area contributed by atoms with E-state index in [-0.39, 0.29) is 29.3 Å². The van der Waals surface area contributed by atoms with Gasteiger partial charge in [-0.05, 0) is 0 Å². The number of aliphatic hydroxyl groups excluding tert-OH is 2. The second-order valence-electron chi connectivity index (χ2n) is 4.46. The molecule has 3 heterocycles. The fraction of sp³-hybridized carbons (Fsp3) is 0.500. The van der Waals surface area contributed by atoms with E-state index in [1.807, 2.05) is 0 Å². The Morgan fingerprint density at radius 3 is 2.95 bits per heavy atom. The zero-order valence-corrected chi connectivity index (χ0v) is 11.0. The Hall–Kier alpha value is -1.75. The average Bonchev–Trinajstić information content (AvgIpc) is 2.89. The zero-order valence-electron chi connectivity index (χ0n) is 10.1. The molecular weight excluding hydrogens is 288 g/mol. The molecule has 108 valence electrons. The highest BCUT2D eigenvalue weighted by atomic mass is 32.1. The van der Waals surface area contributed by atoms with E-state index in [0.717, 1.165) is 11.3 Å². The van der Waals surface area contributed by atoms with Gasteiger partial charge in [-0.2, -0.15) is 4.98 Å². The molecule has 0 saturated carbocycles. The number of nitrogens with two attached hydrogens (primary N) is 1. The smallest absolute Gasteiger partial charge is 0.311 e. The number of nitrogens with zero attached hydrogens (tertiary/aromatic N) is 2. The van der Waals surface area contributed by atoms with Crippen LogP contribution in [0.4, 0.5) is 5.95 Å². The summed E-state index contributed by atoms with van der Waals surface area (Å²) in [6.45, 7) is -0.357. The van der Waals surface area contributed by atoms with E-state index in [2.05, 4.69) is 9.97 Å². The lowest BCUT2D eigenvalue weighted by molar-refractivity contribution is -0.0437. The highest BCUT2D eigenvalue weighted by molar-refractivity contribution is 7.16. The monoisotopic (exact) mass is 300 g/mol. The van der Waals surface area contributed by atoms with Crippen molar-refractivity contribution in [2.45, 2.75) is 24.9 Å². The van der Waals surface area contributed by atoms with Crippen LogP contribution < -0.4 is 16.2 Å². The first-order valence-corrected chi connectivity index (χ1v) is 6.68. The van der Waals surface area contributed by atoms with Crippen molar-refractivity contribution in [3.05, 3.63) is 20.0 Å². The Balaban J connectivity index is 2.15. The molecule has 1 fully saturated rings. The van der Waals surface area contributed by atoms with Crippen molar-refractivity contribution in [1.82, 2.24) is 14.5 Å². The summed E-state index contributed by atoms with van der Waals surface area (Å²) in [5.74, 6) is -0.105. The standard InChI is InChI=1S/C10H12N4O5S/c11-9-12-7-6(8(17)13-9)20-10(18)14(7)5-1-3(16)4(2-15)19-5/h3-5,15-16H,1-2H2,(H3,11,12,13,17)/t3-,4?,5+/m0/s1. The minimum absolute atomic E-state index is 0.105. The number of thiazole rings is 1. The lowest BCUT2D eigenvalue weighted by atomic mass is 10.2. The van der Waals surface area contributed by atoms with Crippen LogP contribution in [0.25, 0.3) is 10.3 Å². The maximum atomic E-state index is 12.0. The number of aromatic nitrogens is 3. The summed E-state index contributed by atoms with van der Waals surface area (Å²) in [5, 5.41) is 18.8. The minimum Gasteiger partial charge on any atom is -0.394 e. The van der Waals surface area contributed by atoms with E-state index in [4.69, 9.17) is 15.6 Å². The Bertz CT molecular complexity index is 765. The third-order valence-corrected chi connectivity index (χ3v) is 4.11. The van der Waals surface area contributed by atoms with Gasteiger partial charge in [-0.3, -0.25) is 19.1 Å². The van der Waals surface area contributed by atoms with Crippen molar-refractivity contribution in [2.75, 3.05) is 12.3 Å². The molecule has 0 bridgehead atoms. The molecule has 0 aliphatic carbocycles. The van der Waals surface area contributed by atoms with E-state index < -0.39 is 28.9 Å². The van der Waals surface area contributed by atoms with Crippen LogP contribution >= 0.6 is 11.3 Å². The summed E-state index contributed by atoms with van der Waals surface area (Å²) >= 11 is 0.732. The number of ether oxygens (including phenoxy) is 1. The molecule has 0 radical (unpaired) electrons. The van der Waals surface area contributed by atoms with Gasteiger partial charge in [0.05, 0.1) is 12.7 Å². The molecule has 20 heavy (non-hydrogen) atoms. The van der Waals surface area contributed by atoms with Gasteiger partial charge in [0, 0.05) is 6.42 Å². The van der Waals surface area contributed by atoms with Gasteiger partial charge in [0.1, 0.15) is 17.0 Å². The van der Waals surface area contributed by atoms with Gasteiger partial charge in [0.2, 0.25) is 5.95 Å². The maximum absolute atomic E-state index is 12.0. The van der Waals surface area contributed by atoms with Crippen molar-refractivity contribution in [1.29, 1.82) is 0 Å². The molecule has 0 spiro atoms. The zero-order chi connectivity index (χ0) is 14.4. The number of aliphatic hydroxyl groups is 2. The van der Waals surface area contributed by atoms with Crippen LogP contribution in [0.1, 0.15) is 12.6 Å². The number of aromatic amines is 1. The van der Waals surface area contributed by atoms with Gasteiger partial charge in [-0.15, -0.1) is 0 Å². The van der Waals surface area contributed by atoms with Gasteiger partial charge in [0.25, 0.3) is 5.56 Å².